The van der Waals surface area contributed by atoms with Gasteiger partial charge >= 0.3 is 0 Å². The van der Waals surface area contributed by atoms with E-state index in [-0.39, 0.29) is 25.0 Å². The fourth-order valence-electron chi connectivity index (χ4n) is 6.25. The highest BCUT2D eigenvalue weighted by Crippen LogP contribution is 2.26. The molecular formula is C36H41FN6O5. The van der Waals surface area contributed by atoms with Gasteiger partial charge in [0.25, 0.3) is 0 Å². The van der Waals surface area contributed by atoms with Crippen LogP contribution in [0.5, 0.6) is 5.75 Å². The molecule has 1 aromatic heterocycles. The molecule has 9 N–H and O–H groups in total. The number of aromatic nitrogens is 1. The highest BCUT2D eigenvalue weighted by Gasteiger charge is 2.36. The second-order valence-corrected chi connectivity index (χ2v) is 12.4. The molecule has 3 aromatic carbocycles. The number of H-pyrrole nitrogens is 1. The standard InChI is InChI=1S/C36H41FN6O5/c37-24-13-9-22(10-14-24)18-31(33(39)45)42-36(48)32(19-23-20-40-29-7-3-1-5-26(23)29)43-34(46)27-6-2-4-8-30(27)41-35(47)28(38)17-21-11-15-25(44)16-12-21/h1,3,5,7,9-16,20,27-28,30-32,40,44H,2,4,6,8,17-19,38H2,(H2,39,45)(H,41,47)(H,42,48)(H,43,46)/t27-,28-,30+,31?,32-/m0/s1. The van der Waals surface area contributed by atoms with Crippen molar-refractivity contribution in [1.82, 2.24) is 20.9 Å². The highest BCUT2D eigenvalue weighted by atomic mass is 19.1. The molecule has 0 spiro atoms. The quantitative estimate of drug-likeness (QED) is 0.116. The number of nitrogens with one attached hydrogen (secondary N) is 4. The number of halogens is 1. The molecule has 0 saturated heterocycles. The number of carbonyl (C=O) groups excluding carboxylic acids is 4. The molecule has 0 radical (unpaired) electrons. The Balaban J connectivity index is 1.31. The van der Waals surface area contributed by atoms with Gasteiger partial charge in [-0.1, -0.05) is 55.3 Å². The molecule has 0 bridgehead atoms. The molecule has 5 atom stereocenters. The number of nitrogens with two attached hydrogens (primary N) is 2. The van der Waals surface area contributed by atoms with Gasteiger partial charge in [-0.2, -0.15) is 0 Å². The summed E-state index contributed by atoms with van der Waals surface area (Å²) >= 11 is 0. The van der Waals surface area contributed by atoms with Crippen molar-refractivity contribution < 1.29 is 28.7 Å². The second-order valence-electron chi connectivity index (χ2n) is 12.4. The summed E-state index contributed by atoms with van der Waals surface area (Å²) in [5.74, 6) is -3.12. The average Bonchev–Trinajstić information content (AvgIpc) is 3.48. The van der Waals surface area contributed by atoms with Crippen molar-refractivity contribution in [2.24, 2.45) is 17.4 Å². The Morgan fingerprint density at radius 3 is 2.23 bits per heavy atom. The first-order chi connectivity index (χ1) is 23.1. The Bertz CT molecular complexity index is 1740. The number of aromatic amines is 1. The summed E-state index contributed by atoms with van der Waals surface area (Å²) in [6, 6.07) is 16.0. The van der Waals surface area contributed by atoms with Crippen LogP contribution in [0.25, 0.3) is 10.9 Å². The molecule has 12 heteroatoms. The topological polar surface area (TPSA) is 192 Å². The van der Waals surface area contributed by atoms with E-state index < -0.39 is 59.5 Å². The number of rotatable bonds is 13. The number of fused-ring (bicyclic) bond motifs is 1. The molecular weight excluding hydrogens is 615 g/mol. The zero-order valence-electron chi connectivity index (χ0n) is 26.5. The summed E-state index contributed by atoms with van der Waals surface area (Å²) in [6.45, 7) is 0. The third-order valence-electron chi connectivity index (χ3n) is 8.90. The van der Waals surface area contributed by atoms with Crippen LogP contribution in [0.1, 0.15) is 42.4 Å². The SMILES string of the molecule is NC(=O)C(Cc1ccc(F)cc1)NC(=O)[C@H](Cc1c[nH]c2ccccc12)NC(=O)[C@H]1CCCC[C@H]1NC(=O)[C@@H](N)Cc1ccc(O)cc1. The van der Waals surface area contributed by atoms with E-state index in [4.69, 9.17) is 11.5 Å². The van der Waals surface area contributed by atoms with Crippen LogP contribution in [0, 0.1) is 11.7 Å². The number of para-hydroxylation sites is 1. The minimum Gasteiger partial charge on any atom is -0.508 e. The number of amides is 4. The minimum atomic E-state index is -1.11. The number of phenolic OH excluding ortho intramolecular Hbond substituents is 1. The third-order valence-corrected chi connectivity index (χ3v) is 8.90. The van der Waals surface area contributed by atoms with E-state index >= 15 is 0 Å². The molecule has 0 aliphatic heterocycles. The predicted octanol–water partition coefficient (Wildman–Crippen LogP) is 2.50. The third kappa shape index (κ3) is 8.77. The molecule has 4 aromatic rings. The Morgan fingerprint density at radius 1 is 0.833 bits per heavy atom. The van der Waals surface area contributed by atoms with Crippen LogP contribution in [0.4, 0.5) is 4.39 Å². The minimum absolute atomic E-state index is 0.0379. The van der Waals surface area contributed by atoms with Crippen molar-refractivity contribution in [3.8, 4) is 5.75 Å². The second kappa shape index (κ2) is 15.6. The van der Waals surface area contributed by atoms with Crippen LogP contribution in [-0.4, -0.2) is 57.9 Å². The van der Waals surface area contributed by atoms with E-state index in [1.165, 1.54) is 36.4 Å². The van der Waals surface area contributed by atoms with Gasteiger partial charge < -0.3 is 37.5 Å². The molecule has 1 aliphatic rings. The fourth-order valence-corrected chi connectivity index (χ4v) is 6.25. The Hall–Kier alpha value is -5.23. The lowest BCUT2D eigenvalue weighted by atomic mass is 9.83. The first-order valence-electron chi connectivity index (χ1n) is 16.1. The first-order valence-corrected chi connectivity index (χ1v) is 16.1. The summed E-state index contributed by atoms with van der Waals surface area (Å²) in [7, 11) is 0. The first kappa shape index (κ1) is 34.1. The predicted molar refractivity (Wildman–Crippen MR) is 179 cm³/mol. The number of aromatic hydroxyl groups is 1. The Morgan fingerprint density at radius 2 is 1.50 bits per heavy atom. The van der Waals surface area contributed by atoms with Gasteiger partial charge in [-0.3, -0.25) is 19.2 Å². The number of hydrogen-bond acceptors (Lipinski definition) is 6. The summed E-state index contributed by atoms with van der Waals surface area (Å²) in [6.07, 6.45) is 4.83. The summed E-state index contributed by atoms with van der Waals surface area (Å²) in [5, 5.41) is 19.0. The van der Waals surface area contributed by atoms with E-state index in [1.54, 1.807) is 18.3 Å². The number of primary amides is 1. The summed E-state index contributed by atoms with van der Waals surface area (Å²) in [4.78, 5) is 56.4. The molecule has 48 heavy (non-hydrogen) atoms. The van der Waals surface area contributed by atoms with Crippen LogP contribution in [0.2, 0.25) is 0 Å². The van der Waals surface area contributed by atoms with Gasteiger partial charge in [-0.25, -0.2) is 4.39 Å². The van der Waals surface area contributed by atoms with Gasteiger partial charge in [0.2, 0.25) is 23.6 Å². The highest BCUT2D eigenvalue weighted by molar-refractivity contribution is 5.93. The van der Waals surface area contributed by atoms with E-state index in [0.717, 1.165) is 34.9 Å². The van der Waals surface area contributed by atoms with Crippen LogP contribution < -0.4 is 27.4 Å². The molecule has 1 unspecified atom stereocenters. The van der Waals surface area contributed by atoms with Crippen molar-refractivity contribution in [3.63, 3.8) is 0 Å². The number of hydrogen-bond donors (Lipinski definition) is 7. The molecule has 252 valence electrons. The van der Waals surface area contributed by atoms with Crippen LogP contribution in [-0.2, 0) is 38.4 Å². The van der Waals surface area contributed by atoms with Gasteiger partial charge in [-0.15, -0.1) is 0 Å². The molecule has 4 amide bonds. The van der Waals surface area contributed by atoms with Crippen molar-refractivity contribution in [2.45, 2.75) is 69.1 Å². The molecule has 1 aliphatic carbocycles. The van der Waals surface area contributed by atoms with Gasteiger partial charge in [0.1, 0.15) is 23.7 Å². The van der Waals surface area contributed by atoms with Crippen LogP contribution >= 0.6 is 0 Å². The normalized spacial score (nSPS) is 18.0. The molecule has 1 saturated carbocycles. The Labute approximate surface area is 277 Å². The number of carbonyl (C=O) groups is 4. The van der Waals surface area contributed by atoms with Crippen molar-refractivity contribution in [3.05, 3.63) is 102 Å². The van der Waals surface area contributed by atoms with Crippen LogP contribution in [0.3, 0.4) is 0 Å². The average molecular weight is 657 g/mol. The van der Waals surface area contributed by atoms with E-state index in [9.17, 15) is 28.7 Å². The maximum absolute atomic E-state index is 13.9. The summed E-state index contributed by atoms with van der Waals surface area (Å²) < 4.78 is 13.5. The molecule has 5 rings (SSSR count). The lowest BCUT2D eigenvalue weighted by Gasteiger charge is -2.33. The summed E-state index contributed by atoms with van der Waals surface area (Å²) in [5.41, 5.74) is 14.9. The zero-order valence-corrected chi connectivity index (χ0v) is 26.5. The monoisotopic (exact) mass is 656 g/mol. The number of benzene rings is 3. The lowest BCUT2D eigenvalue weighted by molar-refractivity contribution is -0.134. The lowest BCUT2D eigenvalue weighted by Crippen LogP contribution is -2.57. The maximum atomic E-state index is 13.9. The van der Waals surface area contributed by atoms with E-state index in [0.29, 0.717) is 18.4 Å². The fraction of sp³-hybridized carbons (Fsp3) is 0.333. The smallest absolute Gasteiger partial charge is 0.243 e. The van der Waals surface area contributed by atoms with Crippen LogP contribution in [0.15, 0.2) is 79.0 Å². The van der Waals surface area contributed by atoms with Gasteiger partial charge in [0.15, 0.2) is 0 Å². The van der Waals surface area contributed by atoms with Gasteiger partial charge in [0, 0.05) is 36.0 Å². The van der Waals surface area contributed by atoms with Crippen molar-refractivity contribution in [1.29, 1.82) is 0 Å². The van der Waals surface area contributed by atoms with E-state index in [1.807, 2.05) is 24.3 Å². The molecule has 1 heterocycles. The number of phenols is 1. The van der Waals surface area contributed by atoms with Gasteiger partial charge in [-0.05, 0) is 66.3 Å². The zero-order chi connectivity index (χ0) is 34.2. The largest absolute Gasteiger partial charge is 0.508 e. The van der Waals surface area contributed by atoms with E-state index in [2.05, 4.69) is 20.9 Å². The van der Waals surface area contributed by atoms with Gasteiger partial charge in [0.05, 0.1) is 12.0 Å². The molecule has 1 fully saturated rings. The van der Waals surface area contributed by atoms with Crippen molar-refractivity contribution >= 4 is 34.5 Å². The molecule has 11 nitrogen and oxygen atoms in total. The van der Waals surface area contributed by atoms with Crippen molar-refractivity contribution in [2.75, 3.05) is 0 Å². The Kier molecular flexibility index (Phi) is 11.1. The maximum Gasteiger partial charge on any atom is 0.243 e.